The molecular weight excluding hydrogens is 275 g/mol. The lowest BCUT2D eigenvalue weighted by atomic mass is 10.3. The van der Waals surface area contributed by atoms with Gasteiger partial charge in [-0.25, -0.2) is 0 Å². The van der Waals surface area contributed by atoms with Gasteiger partial charge in [0.05, 0.1) is 10.0 Å². The number of nitrogens with zero attached hydrogens (tertiary/aromatic N) is 3. The molecule has 0 radical (unpaired) electrons. The number of alkyl halides is 3. The molecule has 0 saturated carbocycles. The first kappa shape index (κ1) is 10.4. The van der Waals surface area contributed by atoms with Crippen LogP contribution in [0.15, 0.2) is 16.7 Å². The van der Waals surface area contributed by atoms with Crippen molar-refractivity contribution in [1.29, 1.82) is 0 Å². The van der Waals surface area contributed by atoms with Gasteiger partial charge in [0.25, 0.3) is 0 Å². The van der Waals surface area contributed by atoms with E-state index in [0.717, 1.165) is 12.3 Å². The Morgan fingerprint density at radius 2 is 2.00 bits per heavy atom. The van der Waals surface area contributed by atoms with Crippen molar-refractivity contribution in [2.24, 2.45) is 0 Å². The lowest BCUT2D eigenvalue weighted by Gasteiger charge is -2.07. The third-order valence-corrected chi connectivity index (χ3v) is 2.54. The summed E-state index contributed by atoms with van der Waals surface area (Å²) in [5.74, 6) is 0.414. The fraction of sp³-hybridized carbons (Fsp3) is 0.250. The number of pyridine rings is 1. The minimum Gasteiger partial charge on any atom is -0.285 e. The van der Waals surface area contributed by atoms with Gasteiger partial charge in [-0.2, -0.15) is 13.2 Å². The Kier molecular flexibility index (Phi) is 2.22. The predicted octanol–water partition coefficient (Wildman–Crippen LogP) is 2.82. The summed E-state index contributed by atoms with van der Waals surface area (Å²) in [5.41, 5.74) is -0.356. The molecule has 2 heterocycles. The molecule has 2 aromatic heterocycles. The van der Waals surface area contributed by atoms with Crippen LogP contribution in [0.4, 0.5) is 13.2 Å². The molecule has 0 fully saturated rings. The highest BCUT2D eigenvalue weighted by molar-refractivity contribution is 9.10. The fourth-order valence-corrected chi connectivity index (χ4v) is 1.74. The quantitative estimate of drug-likeness (QED) is 0.742. The molecular formula is C8H5BrF3N3. The van der Waals surface area contributed by atoms with Gasteiger partial charge in [0.1, 0.15) is 5.82 Å². The molecule has 0 N–H and O–H groups in total. The predicted molar refractivity (Wildman–Crippen MR) is 50.4 cm³/mol. The molecule has 2 aromatic rings. The van der Waals surface area contributed by atoms with E-state index in [-0.39, 0.29) is 4.47 Å². The smallest absolute Gasteiger partial charge is 0.285 e. The molecule has 0 aliphatic rings. The largest absolute Gasteiger partial charge is 0.417 e. The highest BCUT2D eigenvalue weighted by atomic mass is 79.9. The van der Waals surface area contributed by atoms with Gasteiger partial charge in [0.2, 0.25) is 0 Å². The third-order valence-electron chi connectivity index (χ3n) is 1.96. The Morgan fingerprint density at radius 1 is 1.33 bits per heavy atom. The maximum absolute atomic E-state index is 12.5. The lowest BCUT2D eigenvalue weighted by molar-refractivity contribution is -0.137. The molecule has 3 nitrogen and oxygen atoms in total. The van der Waals surface area contributed by atoms with E-state index in [4.69, 9.17) is 0 Å². The van der Waals surface area contributed by atoms with Crippen LogP contribution in [0.5, 0.6) is 0 Å². The molecule has 0 spiro atoms. The van der Waals surface area contributed by atoms with E-state index in [9.17, 15) is 13.2 Å². The van der Waals surface area contributed by atoms with Crippen molar-refractivity contribution in [2.45, 2.75) is 13.1 Å². The van der Waals surface area contributed by atoms with Gasteiger partial charge < -0.3 is 0 Å². The molecule has 0 unspecified atom stereocenters. The van der Waals surface area contributed by atoms with Crippen molar-refractivity contribution in [2.75, 3.05) is 0 Å². The number of hydrogen-bond acceptors (Lipinski definition) is 2. The zero-order valence-electron chi connectivity index (χ0n) is 7.51. The highest BCUT2D eigenvalue weighted by Crippen LogP contribution is 2.32. The van der Waals surface area contributed by atoms with Crippen LogP contribution in [0.25, 0.3) is 5.65 Å². The molecule has 0 aromatic carbocycles. The zero-order valence-corrected chi connectivity index (χ0v) is 9.09. The summed E-state index contributed by atoms with van der Waals surface area (Å²) in [4.78, 5) is 0. The van der Waals surface area contributed by atoms with Crippen molar-refractivity contribution >= 4 is 21.6 Å². The minimum atomic E-state index is -4.37. The Hall–Kier alpha value is -1.11. The molecule has 0 saturated heterocycles. The van der Waals surface area contributed by atoms with Gasteiger partial charge in [0.15, 0.2) is 5.65 Å². The summed E-state index contributed by atoms with van der Waals surface area (Å²) >= 11 is 3.03. The molecule has 2 rings (SSSR count). The molecule has 80 valence electrons. The van der Waals surface area contributed by atoms with E-state index in [1.807, 2.05) is 0 Å². The van der Waals surface area contributed by atoms with E-state index in [1.165, 1.54) is 4.40 Å². The summed E-state index contributed by atoms with van der Waals surface area (Å²) < 4.78 is 39.0. The normalized spacial score (nSPS) is 12.3. The van der Waals surface area contributed by atoms with Crippen LogP contribution >= 0.6 is 15.9 Å². The first-order valence-corrected chi connectivity index (χ1v) is 4.77. The van der Waals surface area contributed by atoms with Gasteiger partial charge >= 0.3 is 6.18 Å². The van der Waals surface area contributed by atoms with Gasteiger partial charge in [-0.1, -0.05) is 0 Å². The highest BCUT2D eigenvalue weighted by Gasteiger charge is 2.31. The summed E-state index contributed by atoms with van der Waals surface area (Å²) in [6.45, 7) is 1.59. The van der Waals surface area contributed by atoms with Crippen LogP contribution in [0.3, 0.4) is 0 Å². The van der Waals surface area contributed by atoms with Crippen LogP contribution in [0, 0.1) is 6.92 Å². The number of halogens is 4. The Labute approximate surface area is 91.1 Å². The summed E-state index contributed by atoms with van der Waals surface area (Å²) in [6.07, 6.45) is -3.39. The van der Waals surface area contributed by atoms with Gasteiger partial charge in [0, 0.05) is 6.20 Å². The van der Waals surface area contributed by atoms with E-state index >= 15 is 0 Å². The first-order valence-electron chi connectivity index (χ1n) is 3.97. The van der Waals surface area contributed by atoms with Crippen molar-refractivity contribution in [3.05, 3.63) is 28.1 Å². The summed E-state index contributed by atoms with van der Waals surface area (Å²) in [6, 6.07) is 0.990. The standard InChI is InChI=1S/C8H5BrF3N3/c1-4-13-14-7-6(9)2-5(3-15(4)7)8(10,11)12/h2-3H,1H3. The van der Waals surface area contributed by atoms with Crippen molar-refractivity contribution in [3.8, 4) is 0 Å². The molecule has 0 atom stereocenters. The van der Waals surface area contributed by atoms with Crippen LogP contribution < -0.4 is 0 Å². The maximum atomic E-state index is 12.5. The zero-order chi connectivity index (χ0) is 11.2. The summed E-state index contributed by atoms with van der Waals surface area (Å²) in [7, 11) is 0. The van der Waals surface area contributed by atoms with Gasteiger partial charge in [-0.15, -0.1) is 10.2 Å². The fourth-order valence-electron chi connectivity index (χ4n) is 1.22. The van der Waals surface area contributed by atoms with Crippen LogP contribution in [0.2, 0.25) is 0 Å². The van der Waals surface area contributed by atoms with Crippen LogP contribution in [-0.4, -0.2) is 14.6 Å². The number of aryl methyl sites for hydroxylation is 1. The molecule has 7 heteroatoms. The van der Waals surface area contributed by atoms with Crippen molar-refractivity contribution < 1.29 is 13.2 Å². The SMILES string of the molecule is Cc1nnc2c(Br)cc(C(F)(F)F)cn12. The number of fused-ring (bicyclic) bond motifs is 1. The third kappa shape index (κ3) is 1.71. The second-order valence-electron chi connectivity index (χ2n) is 3.02. The van der Waals surface area contributed by atoms with Crippen LogP contribution in [-0.2, 0) is 6.18 Å². The van der Waals surface area contributed by atoms with E-state index < -0.39 is 11.7 Å². The van der Waals surface area contributed by atoms with Crippen LogP contribution in [0.1, 0.15) is 11.4 Å². The first-order chi connectivity index (χ1) is 6.89. The second kappa shape index (κ2) is 3.19. The molecule has 0 bridgehead atoms. The monoisotopic (exact) mass is 279 g/mol. The Morgan fingerprint density at radius 3 is 2.60 bits per heavy atom. The average molecular weight is 280 g/mol. The van der Waals surface area contributed by atoms with Gasteiger partial charge in [-0.05, 0) is 28.9 Å². The Balaban J connectivity index is 2.76. The van der Waals surface area contributed by atoms with Gasteiger partial charge in [-0.3, -0.25) is 4.40 Å². The Bertz CT molecular complexity index is 518. The molecule has 0 amide bonds. The molecule has 0 aliphatic heterocycles. The van der Waals surface area contributed by atoms with Crippen molar-refractivity contribution in [1.82, 2.24) is 14.6 Å². The number of aromatic nitrogens is 3. The van der Waals surface area contributed by atoms with E-state index in [2.05, 4.69) is 26.1 Å². The maximum Gasteiger partial charge on any atom is 0.417 e. The molecule has 15 heavy (non-hydrogen) atoms. The van der Waals surface area contributed by atoms with Crippen molar-refractivity contribution in [3.63, 3.8) is 0 Å². The molecule has 0 aliphatic carbocycles. The summed E-state index contributed by atoms with van der Waals surface area (Å²) in [5, 5.41) is 7.44. The number of hydrogen-bond donors (Lipinski definition) is 0. The lowest BCUT2D eigenvalue weighted by Crippen LogP contribution is -2.07. The van der Waals surface area contributed by atoms with E-state index in [0.29, 0.717) is 11.5 Å². The average Bonchev–Trinajstić information content (AvgIpc) is 2.47. The topological polar surface area (TPSA) is 30.2 Å². The minimum absolute atomic E-state index is 0.276. The number of rotatable bonds is 0. The van der Waals surface area contributed by atoms with E-state index in [1.54, 1.807) is 6.92 Å². The second-order valence-corrected chi connectivity index (χ2v) is 3.87.